The molecule has 10 nitrogen and oxygen atoms in total. The average molecular weight is 1530 g/mol. The fourth-order valence-electron chi connectivity index (χ4n) is 13.3. The SMILES string of the molecule is Brc1cccc2c1sc1ccccc12.CC1(C)OB(c2ccc(Oc3ccc(-c4ccc(-c5nc(-c6ccccc6)nc(-c6ccccc6)n5)cc4)cc3)cc2)OC1(C)C.c1ccc(-c2nc(-c3ccccc3)nc(-c3ccc(-c4ccc(Oc5ccc(-c6cccc7c6sc6ccccc67)cc5)cc4)cc3)n2)cc1. The molecule has 1 fully saturated rings. The molecule has 19 rings (SSSR count). The van der Waals surface area contributed by atoms with Gasteiger partial charge in [0.2, 0.25) is 0 Å². The normalized spacial score (nSPS) is 12.8. The molecule has 1 aliphatic rings. The predicted octanol–water partition coefficient (Wildman–Crippen LogP) is 25.8. The molecule has 5 heterocycles. The van der Waals surface area contributed by atoms with Crippen LogP contribution in [0, 0.1) is 0 Å². The van der Waals surface area contributed by atoms with Gasteiger partial charge in [-0.3, -0.25) is 0 Å². The number of fused-ring (bicyclic) bond motifs is 6. The Labute approximate surface area is 655 Å². The summed E-state index contributed by atoms with van der Waals surface area (Å²) >= 11 is 7.27. The van der Waals surface area contributed by atoms with Crippen LogP contribution in [-0.4, -0.2) is 48.2 Å². The number of benzene rings is 14. The summed E-state index contributed by atoms with van der Waals surface area (Å²) in [6, 6.07) is 119. The van der Waals surface area contributed by atoms with Gasteiger partial charge >= 0.3 is 7.12 Å². The van der Waals surface area contributed by atoms with Gasteiger partial charge in [-0.1, -0.05) is 285 Å². The number of ether oxygens (including phenoxy) is 2. The van der Waals surface area contributed by atoms with E-state index in [1.807, 2.05) is 205 Å². The molecule has 0 atom stereocenters. The molecule has 0 spiro atoms. The standard InChI is InChI=1S/C45H29N3OS.C39H34BN3O3.C12H7BrS/c1-3-10-33(11-4-1)43-46-44(34-12-5-2-6-13-34)48-45(47-43)35-20-18-30(19-21-35)31-22-26-36(27-23-31)49-37-28-24-32(25-29-37)38-15-9-16-40-39-14-7-8-17-41(39)50-42(38)40;1-38(2)39(3,4)46-40(45-38)32-21-25-34(26-22-32)44-33-23-19-28(20-24-33)27-15-17-31(18-16-27)37-42-35(29-11-7-5-8-12-29)41-36(43-37)30-13-9-6-10-14-30;13-10-6-3-5-9-8-4-1-2-7-11(8)14-12(9)10/h1-29H;5-26H,1-4H3;1-7H. The van der Waals surface area contributed by atoms with Crippen LogP contribution in [0.15, 0.2) is 356 Å². The molecule has 530 valence electrons. The van der Waals surface area contributed by atoms with E-state index in [9.17, 15) is 0 Å². The highest BCUT2D eigenvalue weighted by Crippen LogP contribution is 2.43. The number of rotatable bonds is 14. The van der Waals surface area contributed by atoms with Crippen molar-refractivity contribution in [1.82, 2.24) is 29.9 Å². The van der Waals surface area contributed by atoms with Crippen molar-refractivity contribution in [2.24, 2.45) is 0 Å². The predicted molar refractivity (Wildman–Crippen MR) is 457 cm³/mol. The van der Waals surface area contributed by atoms with Crippen LogP contribution in [0.3, 0.4) is 0 Å². The van der Waals surface area contributed by atoms with E-state index in [1.54, 1.807) is 0 Å². The highest BCUT2D eigenvalue weighted by molar-refractivity contribution is 9.10. The third-order valence-corrected chi connectivity index (χ3v) is 23.2. The van der Waals surface area contributed by atoms with Crippen LogP contribution in [0.2, 0.25) is 0 Å². The molecule has 0 aliphatic carbocycles. The maximum atomic E-state index is 6.25. The molecule has 0 amide bonds. The molecular formula is C96H70BBrN6O4S2. The van der Waals surface area contributed by atoms with Gasteiger partial charge in [0.1, 0.15) is 23.0 Å². The summed E-state index contributed by atoms with van der Waals surface area (Å²) in [6.45, 7) is 8.23. The number of aromatic nitrogens is 6. The van der Waals surface area contributed by atoms with E-state index < -0.39 is 7.12 Å². The molecule has 0 radical (unpaired) electrons. The topological polar surface area (TPSA) is 114 Å². The van der Waals surface area contributed by atoms with Crippen LogP contribution in [0.25, 0.3) is 142 Å². The van der Waals surface area contributed by atoms with Crippen molar-refractivity contribution in [3.05, 3.63) is 356 Å². The summed E-state index contributed by atoms with van der Waals surface area (Å²) in [5, 5.41) is 5.32. The molecule has 110 heavy (non-hydrogen) atoms. The molecule has 0 saturated carbocycles. The van der Waals surface area contributed by atoms with E-state index in [0.717, 1.165) is 84.1 Å². The molecule has 0 unspecified atom stereocenters. The van der Waals surface area contributed by atoms with Crippen LogP contribution < -0.4 is 14.9 Å². The van der Waals surface area contributed by atoms with Crippen LogP contribution in [0.4, 0.5) is 0 Å². The molecule has 4 aromatic heterocycles. The molecule has 18 aromatic rings. The zero-order chi connectivity index (χ0) is 74.6. The third-order valence-electron chi connectivity index (χ3n) is 19.9. The van der Waals surface area contributed by atoms with Crippen molar-refractivity contribution < 1.29 is 18.8 Å². The Hall–Kier alpha value is -12.4. The number of nitrogens with zero attached hydrogens (tertiary/aromatic N) is 6. The first kappa shape index (κ1) is 70.6. The van der Waals surface area contributed by atoms with Crippen molar-refractivity contribution in [2.45, 2.75) is 38.9 Å². The lowest BCUT2D eigenvalue weighted by molar-refractivity contribution is 0.00578. The van der Waals surface area contributed by atoms with Gasteiger partial charge in [0.05, 0.1) is 11.2 Å². The van der Waals surface area contributed by atoms with Crippen molar-refractivity contribution in [3.8, 4) is 125 Å². The van der Waals surface area contributed by atoms with Crippen LogP contribution >= 0.6 is 38.6 Å². The summed E-state index contributed by atoms with van der Waals surface area (Å²) in [5.74, 6) is 6.96. The van der Waals surface area contributed by atoms with Crippen molar-refractivity contribution >= 4 is 91.5 Å². The maximum absolute atomic E-state index is 6.25. The lowest BCUT2D eigenvalue weighted by Crippen LogP contribution is -2.41. The van der Waals surface area contributed by atoms with E-state index >= 15 is 0 Å². The molecule has 0 bridgehead atoms. The minimum Gasteiger partial charge on any atom is -0.457 e. The Kier molecular flexibility index (Phi) is 19.9. The number of hydrogen-bond acceptors (Lipinski definition) is 12. The van der Waals surface area contributed by atoms with E-state index in [2.05, 4.69) is 213 Å². The zero-order valence-corrected chi connectivity index (χ0v) is 63.8. The van der Waals surface area contributed by atoms with E-state index in [-0.39, 0.29) is 11.2 Å². The molecule has 14 heteroatoms. The Morgan fingerprint density at radius 2 is 0.536 bits per heavy atom. The highest BCUT2D eigenvalue weighted by Gasteiger charge is 2.51. The second-order valence-corrected chi connectivity index (χ2v) is 30.6. The summed E-state index contributed by atoms with van der Waals surface area (Å²) in [6.07, 6.45) is 0. The average Bonchev–Trinajstić information content (AvgIpc) is 1.63. The maximum Gasteiger partial charge on any atom is 0.494 e. The van der Waals surface area contributed by atoms with Crippen molar-refractivity contribution in [1.29, 1.82) is 0 Å². The van der Waals surface area contributed by atoms with Gasteiger partial charge in [0.15, 0.2) is 34.9 Å². The number of halogens is 1. The smallest absolute Gasteiger partial charge is 0.457 e. The first-order valence-corrected chi connectivity index (χ1v) is 38.8. The Morgan fingerprint density at radius 3 is 0.909 bits per heavy atom. The molecular weight excluding hydrogens is 1460 g/mol. The van der Waals surface area contributed by atoms with Crippen LogP contribution in [0.1, 0.15) is 27.7 Å². The zero-order valence-electron chi connectivity index (χ0n) is 60.6. The molecule has 1 aliphatic heterocycles. The molecule has 1 saturated heterocycles. The second kappa shape index (κ2) is 31.1. The highest BCUT2D eigenvalue weighted by atomic mass is 79.9. The van der Waals surface area contributed by atoms with E-state index in [1.165, 1.54) is 55.9 Å². The van der Waals surface area contributed by atoms with Gasteiger partial charge in [0, 0.05) is 78.2 Å². The Bertz CT molecular complexity index is 6130. The van der Waals surface area contributed by atoms with Gasteiger partial charge in [-0.15, -0.1) is 22.7 Å². The Balaban J connectivity index is 0.000000136. The monoisotopic (exact) mass is 1520 g/mol. The quantitative estimate of drug-likeness (QED) is 0.0975. The second-order valence-electron chi connectivity index (χ2n) is 27.7. The van der Waals surface area contributed by atoms with Crippen LogP contribution in [0.5, 0.6) is 23.0 Å². The Morgan fingerprint density at radius 1 is 0.264 bits per heavy atom. The van der Waals surface area contributed by atoms with Gasteiger partial charge in [-0.25, -0.2) is 29.9 Å². The first-order valence-electron chi connectivity index (χ1n) is 36.4. The van der Waals surface area contributed by atoms with Gasteiger partial charge in [-0.05, 0) is 149 Å². The minimum absolute atomic E-state index is 0.375. The van der Waals surface area contributed by atoms with Gasteiger partial charge in [-0.2, -0.15) is 0 Å². The van der Waals surface area contributed by atoms with Crippen molar-refractivity contribution in [2.75, 3.05) is 0 Å². The van der Waals surface area contributed by atoms with Gasteiger partial charge < -0.3 is 18.8 Å². The molecule has 14 aromatic carbocycles. The van der Waals surface area contributed by atoms with Crippen molar-refractivity contribution in [3.63, 3.8) is 0 Å². The number of thiophene rings is 2. The summed E-state index contributed by atoms with van der Waals surface area (Å²) in [4.78, 5) is 29.0. The third kappa shape index (κ3) is 15.3. The number of hydrogen-bond donors (Lipinski definition) is 0. The lowest BCUT2D eigenvalue weighted by atomic mass is 9.79. The first-order chi connectivity index (χ1) is 53.8. The minimum atomic E-state index is -0.397. The van der Waals surface area contributed by atoms with E-state index in [4.69, 9.17) is 48.7 Å². The lowest BCUT2D eigenvalue weighted by Gasteiger charge is -2.32. The fourth-order valence-corrected chi connectivity index (χ4v) is 16.2. The summed E-state index contributed by atoms with van der Waals surface area (Å²) in [5.41, 5.74) is 12.7. The van der Waals surface area contributed by atoms with E-state index in [0.29, 0.717) is 34.9 Å². The summed E-state index contributed by atoms with van der Waals surface area (Å²) in [7, 11) is -0.397. The fraction of sp³-hybridized carbons (Fsp3) is 0.0625. The van der Waals surface area contributed by atoms with Crippen LogP contribution in [-0.2, 0) is 9.31 Å². The largest absolute Gasteiger partial charge is 0.494 e. The summed E-state index contributed by atoms with van der Waals surface area (Å²) < 4.78 is 31.2. The molecule has 0 N–H and O–H groups in total. The van der Waals surface area contributed by atoms with Gasteiger partial charge in [0.25, 0.3) is 0 Å².